The van der Waals surface area contributed by atoms with E-state index in [0.29, 0.717) is 10.8 Å². The van der Waals surface area contributed by atoms with Crippen LogP contribution in [0, 0.1) is 6.92 Å². The summed E-state index contributed by atoms with van der Waals surface area (Å²) >= 11 is 6.32. The standard InChI is InChI=1S/C8H6BrNOS2/c1-4-8(11)13-7(10-4)5-2-3-6(9)12-5/h2-3,11H,1H3. The van der Waals surface area contributed by atoms with Crippen molar-refractivity contribution in [2.45, 2.75) is 6.92 Å². The Morgan fingerprint density at radius 2 is 2.15 bits per heavy atom. The van der Waals surface area contributed by atoms with Crippen LogP contribution in [0.5, 0.6) is 5.06 Å². The largest absolute Gasteiger partial charge is 0.498 e. The van der Waals surface area contributed by atoms with Gasteiger partial charge in [0.1, 0.15) is 5.01 Å². The van der Waals surface area contributed by atoms with E-state index in [0.717, 1.165) is 13.7 Å². The molecule has 68 valence electrons. The molecule has 2 aromatic heterocycles. The smallest absolute Gasteiger partial charge is 0.195 e. The number of thiophene rings is 1. The van der Waals surface area contributed by atoms with Crippen molar-refractivity contribution in [1.82, 2.24) is 4.98 Å². The van der Waals surface area contributed by atoms with Gasteiger partial charge < -0.3 is 5.11 Å². The number of nitrogens with zero attached hydrogens (tertiary/aromatic N) is 1. The lowest BCUT2D eigenvalue weighted by Crippen LogP contribution is -1.70. The summed E-state index contributed by atoms with van der Waals surface area (Å²) in [5.74, 6) is 0. The van der Waals surface area contributed by atoms with Gasteiger partial charge in [0.15, 0.2) is 5.06 Å². The number of aromatic nitrogens is 1. The van der Waals surface area contributed by atoms with Crippen LogP contribution >= 0.6 is 38.6 Å². The molecule has 2 heterocycles. The molecule has 0 aromatic carbocycles. The third kappa shape index (κ3) is 1.77. The SMILES string of the molecule is Cc1nc(-c2ccc(Br)s2)sc1O. The van der Waals surface area contributed by atoms with E-state index in [9.17, 15) is 5.11 Å². The van der Waals surface area contributed by atoms with Crippen molar-refractivity contribution in [3.05, 3.63) is 21.6 Å². The molecule has 0 bridgehead atoms. The third-order valence-electron chi connectivity index (χ3n) is 1.56. The van der Waals surface area contributed by atoms with Gasteiger partial charge >= 0.3 is 0 Å². The van der Waals surface area contributed by atoms with Gasteiger partial charge in [0.05, 0.1) is 14.4 Å². The number of hydrogen-bond acceptors (Lipinski definition) is 4. The first-order valence-electron chi connectivity index (χ1n) is 3.59. The molecule has 0 radical (unpaired) electrons. The minimum absolute atomic E-state index is 0.305. The first kappa shape index (κ1) is 9.18. The Kier molecular flexibility index (Phi) is 2.40. The van der Waals surface area contributed by atoms with Crippen molar-refractivity contribution in [2.75, 3.05) is 0 Å². The third-order valence-corrected chi connectivity index (χ3v) is 4.31. The van der Waals surface area contributed by atoms with Gasteiger partial charge in [0.2, 0.25) is 0 Å². The number of aromatic hydroxyl groups is 1. The van der Waals surface area contributed by atoms with Crippen LogP contribution < -0.4 is 0 Å². The van der Waals surface area contributed by atoms with E-state index >= 15 is 0 Å². The summed E-state index contributed by atoms with van der Waals surface area (Å²) in [6.45, 7) is 1.80. The highest BCUT2D eigenvalue weighted by molar-refractivity contribution is 9.11. The Bertz CT molecular complexity index is 416. The van der Waals surface area contributed by atoms with Crippen LogP contribution in [0.1, 0.15) is 5.69 Å². The van der Waals surface area contributed by atoms with Gasteiger partial charge in [-0.05, 0) is 35.0 Å². The van der Waals surface area contributed by atoms with Crippen molar-refractivity contribution in [3.63, 3.8) is 0 Å². The minimum atomic E-state index is 0.305. The molecule has 0 aliphatic heterocycles. The zero-order valence-electron chi connectivity index (χ0n) is 6.74. The van der Waals surface area contributed by atoms with Gasteiger partial charge in [-0.2, -0.15) is 0 Å². The molecule has 1 N–H and O–H groups in total. The van der Waals surface area contributed by atoms with E-state index < -0.39 is 0 Å². The summed E-state index contributed by atoms with van der Waals surface area (Å²) in [5, 5.41) is 10.5. The number of hydrogen-bond donors (Lipinski definition) is 1. The minimum Gasteiger partial charge on any atom is -0.498 e. The molecule has 2 rings (SSSR count). The fraction of sp³-hybridized carbons (Fsp3) is 0.125. The van der Waals surface area contributed by atoms with Gasteiger partial charge in [-0.1, -0.05) is 11.3 Å². The van der Waals surface area contributed by atoms with Crippen molar-refractivity contribution >= 4 is 38.6 Å². The molecule has 0 saturated carbocycles. The molecule has 0 aliphatic rings. The molecule has 0 saturated heterocycles. The highest BCUT2D eigenvalue weighted by Gasteiger charge is 2.09. The van der Waals surface area contributed by atoms with Crippen molar-refractivity contribution in [1.29, 1.82) is 0 Å². The van der Waals surface area contributed by atoms with Crippen molar-refractivity contribution in [3.8, 4) is 14.9 Å². The molecule has 0 unspecified atom stereocenters. The summed E-state index contributed by atoms with van der Waals surface area (Å²) in [5.41, 5.74) is 0.699. The van der Waals surface area contributed by atoms with Crippen LogP contribution in [0.2, 0.25) is 0 Å². The first-order chi connectivity index (χ1) is 6.16. The second-order valence-electron chi connectivity index (χ2n) is 2.51. The average Bonchev–Trinajstić information content (AvgIpc) is 2.61. The maximum Gasteiger partial charge on any atom is 0.195 e. The molecule has 2 aromatic rings. The maximum atomic E-state index is 9.36. The summed E-state index contributed by atoms with van der Waals surface area (Å²) < 4.78 is 1.08. The lowest BCUT2D eigenvalue weighted by molar-refractivity contribution is 0.485. The lowest BCUT2D eigenvalue weighted by Gasteiger charge is -1.84. The van der Waals surface area contributed by atoms with Crippen LogP contribution in [-0.2, 0) is 0 Å². The van der Waals surface area contributed by atoms with Gasteiger partial charge in [0.25, 0.3) is 0 Å². The van der Waals surface area contributed by atoms with Crippen LogP contribution in [0.4, 0.5) is 0 Å². The molecule has 0 atom stereocenters. The topological polar surface area (TPSA) is 33.1 Å². The first-order valence-corrected chi connectivity index (χ1v) is 6.01. The summed E-state index contributed by atoms with van der Waals surface area (Å²) in [7, 11) is 0. The number of thiazole rings is 1. The molecule has 0 spiro atoms. The monoisotopic (exact) mass is 275 g/mol. The summed E-state index contributed by atoms with van der Waals surface area (Å²) in [6, 6.07) is 3.97. The van der Waals surface area contributed by atoms with Gasteiger partial charge in [-0.25, -0.2) is 4.98 Å². The second-order valence-corrected chi connectivity index (χ2v) is 5.95. The Morgan fingerprint density at radius 3 is 2.62 bits per heavy atom. The summed E-state index contributed by atoms with van der Waals surface area (Å²) in [6.07, 6.45) is 0. The molecule has 2 nitrogen and oxygen atoms in total. The highest BCUT2D eigenvalue weighted by Crippen LogP contribution is 2.37. The molecule has 13 heavy (non-hydrogen) atoms. The van der Waals surface area contributed by atoms with E-state index in [-0.39, 0.29) is 0 Å². The highest BCUT2D eigenvalue weighted by atomic mass is 79.9. The normalized spacial score (nSPS) is 10.6. The average molecular weight is 276 g/mol. The Hall–Kier alpha value is -0.390. The Labute approximate surface area is 92.0 Å². The Balaban J connectivity index is 2.46. The fourth-order valence-corrected chi connectivity index (χ4v) is 3.17. The van der Waals surface area contributed by atoms with Crippen LogP contribution in [0.3, 0.4) is 0 Å². The van der Waals surface area contributed by atoms with Crippen LogP contribution in [0.15, 0.2) is 15.9 Å². The van der Waals surface area contributed by atoms with E-state index in [1.807, 2.05) is 12.1 Å². The van der Waals surface area contributed by atoms with Crippen LogP contribution in [0.25, 0.3) is 9.88 Å². The van der Waals surface area contributed by atoms with E-state index in [4.69, 9.17) is 0 Å². The molecule has 0 amide bonds. The second kappa shape index (κ2) is 3.40. The van der Waals surface area contributed by atoms with E-state index in [1.54, 1.807) is 18.3 Å². The van der Waals surface area contributed by atoms with E-state index in [2.05, 4.69) is 20.9 Å². The maximum absolute atomic E-state index is 9.36. The lowest BCUT2D eigenvalue weighted by atomic mass is 10.5. The van der Waals surface area contributed by atoms with Crippen molar-refractivity contribution in [2.24, 2.45) is 0 Å². The number of rotatable bonds is 1. The number of halogens is 1. The summed E-state index contributed by atoms with van der Waals surface area (Å²) in [4.78, 5) is 5.34. The van der Waals surface area contributed by atoms with Crippen LogP contribution in [-0.4, -0.2) is 10.1 Å². The number of aryl methyl sites for hydroxylation is 1. The van der Waals surface area contributed by atoms with E-state index in [1.165, 1.54) is 11.3 Å². The Morgan fingerprint density at radius 1 is 1.38 bits per heavy atom. The molecule has 5 heteroatoms. The van der Waals surface area contributed by atoms with Crippen molar-refractivity contribution < 1.29 is 5.11 Å². The molecule has 0 aliphatic carbocycles. The van der Waals surface area contributed by atoms with Gasteiger partial charge in [-0.15, -0.1) is 11.3 Å². The molecular weight excluding hydrogens is 270 g/mol. The zero-order valence-corrected chi connectivity index (χ0v) is 9.96. The molecule has 0 fully saturated rings. The molecular formula is C8H6BrNOS2. The predicted molar refractivity (Wildman–Crippen MR) is 59.5 cm³/mol. The zero-order chi connectivity index (χ0) is 9.42. The predicted octanol–water partition coefficient (Wildman–Crippen LogP) is 3.65. The van der Waals surface area contributed by atoms with Gasteiger partial charge in [-0.3, -0.25) is 0 Å². The fourth-order valence-electron chi connectivity index (χ4n) is 0.923. The van der Waals surface area contributed by atoms with Gasteiger partial charge in [0, 0.05) is 0 Å². The quantitative estimate of drug-likeness (QED) is 0.862.